The molecule has 4 aromatic rings. The van der Waals surface area contributed by atoms with Gasteiger partial charge in [0.2, 0.25) is 5.95 Å². The number of aliphatic hydroxyl groups is 1. The summed E-state index contributed by atoms with van der Waals surface area (Å²) in [4.78, 5) is 28.9. The number of morpholine rings is 1. The molecule has 9 nitrogen and oxygen atoms in total. The second kappa shape index (κ2) is 12.8. The highest BCUT2D eigenvalue weighted by molar-refractivity contribution is 6.05. The Kier molecular flexibility index (Phi) is 8.91. The van der Waals surface area contributed by atoms with Crippen molar-refractivity contribution in [1.29, 1.82) is 0 Å². The number of benzene rings is 3. The van der Waals surface area contributed by atoms with Crippen molar-refractivity contribution in [2.24, 2.45) is 0 Å². The fourth-order valence-corrected chi connectivity index (χ4v) is 5.00. The number of carbonyl (C=O) groups is 1. The maximum Gasteiger partial charge on any atom is 0.255 e. The van der Waals surface area contributed by atoms with Gasteiger partial charge in [0.05, 0.1) is 19.8 Å². The normalized spacial score (nSPS) is 14.1. The number of carbonyl (C=O) groups excluding carboxylic acids is 1. The van der Waals surface area contributed by atoms with Crippen LogP contribution in [0.3, 0.4) is 0 Å². The number of nitrogens with one attached hydrogen (secondary N) is 1. The number of aliphatic hydroxyl groups excluding tert-OH is 1. The van der Waals surface area contributed by atoms with Crippen LogP contribution in [0.15, 0.2) is 66.7 Å². The maximum atomic E-state index is 13.1. The van der Waals surface area contributed by atoms with E-state index in [4.69, 9.17) is 10.5 Å². The number of nitrogens with two attached hydrogens (primary N) is 1. The van der Waals surface area contributed by atoms with Gasteiger partial charge >= 0.3 is 0 Å². The second-order valence-electron chi connectivity index (χ2n) is 11.6. The summed E-state index contributed by atoms with van der Waals surface area (Å²) in [5.41, 5.74) is 11.6. The van der Waals surface area contributed by atoms with Crippen molar-refractivity contribution in [2.75, 3.05) is 37.4 Å². The van der Waals surface area contributed by atoms with E-state index >= 15 is 0 Å². The molecule has 9 heteroatoms. The zero-order chi connectivity index (χ0) is 29.7. The van der Waals surface area contributed by atoms with E-state index in [1.165, 1.54) is 5.56 Å². The Morgan fingerprint density at radius 1 is 0.952 bits per heavy atom. The van der Waals surface area contributed by atoms with Crippen molar-refractivity contribution in [1.82, 2.24) is 19.9 Å². The predicted molar refractivity (Wildman–Crippen MR) is 164 cm³/mol. The molecule has 42 heavy (non-hydrogen) atoms. The minimum Gasteiger partial charge on any atom is -0.392 e. The molecule has 0 radical (unpaired) electrons. The molecular weight excluding hydrogens is 528 g/mol. The molecule has 5 rings (SSSR count). The number of amides is 1. The van der Waals surface area contributed by atoms with Crippen LogP contribution in [0, 0.1) is 0 Å². The Balaban J connectivity index is 1.33. The molecule has 0 atom stereocenters. The molecule has 0 unspecified atom stereocenters. The number of nitrogen functional groups attached to an aromatic ring is 1. The third kappa shape index (κ3) is 7.17. The number of anilines is 2. The van der Waals surface area contributed by atoms with Crippen LogP contribution in [0.4, 0.5) is 11.6 Å². The molecule has 1 saturated heterocycles. The third-order valence-corrected chi connectivity index (χ3v) is 7.43. The van der Waals surface area contributed by atoms with E-state index in [-0.39, 0.29) is 23.9 Å². The average Bonchev–Trinajstić information content (AvgIpc) is 2.98. The van der Waals surface area contributed by atoms with Crippen LogP contribution in [-0.4, -0.2) is 57.2 Å². The first-order valence-corrected chi connectivity index (χ1v) is 14.2. The molecule has 1 amide bonds. The van der Waals surface area contributed by atoms with Crippen LogP contribution in [-0.2, 0) is 29.7 Å². The van der Waals surface area contributed by atoms with Gasteiger partial charge in [-0.3, -0.25) is 9.69 Å². The van der Waals surface area contributed by atoms with Gasteiger partial charge in [0.25, 0.3) is 5.91 Å². The maximum absolute atomic E-state index is 13.1. The Morgan fingerprint density at radius 3 is 2.31 bits per heavy atom. The molecule has 3 aromatic carbocycles. The molecule has 4 N–H and O–H groups in total. The van der Waals surface area contributed by atoms with Gasteiger partial charge in [0, 0.05) is 48.4 Å². The summed E-state index contributed by atoms with van der Waals surface area (Å²) in [6.45, 7) is 10.4. The highest BCUT2D eigenvalue weighted by Crippen LogP contribution is 2.29. The first kappa shape index (κ1) is 29.3. The van der Waals surface area contributed by atoms with E-state index in [0.29, 0.717) is 40.4 Å². The zero-order valence-corrected chi connectivity index (χ0v) is 24.4. The number of aromatic nitrogens is 3. The number of rotatable bonds is 8. The highest BCUT2D eigenvalue weighted by atomic mass is 16.5. The Bertz CT molecular complexity index is 1530. The molecular formula is C33H38N6O3. The van der Waals surface area contributed by atoms with E-state index in [9.17, 15) is 9.90 Å². The fourth-order valence-electron chi connectivity index (χ4n) is 5.00. The van der Waals surface area contributed by atoms with E-state index < -0.39 is 0 Å². The highest BCUT2D eigenvalue weighted by Gasteiger charge is 2.18. The lowest BCUT2D eigenvalue weighted by Crippen LogP contribution is -2.35. The van der Waals surface area contributed by atoms with Gasteiger partial charge in [-0.1, -0.05) is 69.3 Å². The Hall–Kier alpha value is -4.18. The van der Waals surface area contributed by atoms with Crippen molar-refractivity contribution in [2.45, 2.75) is 45.8 Å². The van der Waals surface area contributed by atoms with Gasteiger partial charge in [-0.25, -0.2) is 4.98 Å². The van der Waals surface area contributed by atoms with Gasteiger partial charge in [0.15, 0.2) is 5.82 Å². The van der Waals surface area contributed by atoms with E-state index in [1.807, 2.05) is 24.3 Å². The van der Waals surface area contributed by atoms with Crippen LogP contribution in [0.2, 0.25) is 0 Å². The molecule has 1 aromatic heterocycles. The molecule has 0 spiro atoms. The van der Waals surface area contributed by atoms with Gasteiger partial charge in [0.1, 0.15) is 5.82 Å². The van der Waals surface area contributed by atoms with Gasteiger partial charge < -0.3 is 20.9 Å². The molecule has 1 fully saturated rings. The standard InChI is InChI=1S/C33H38N6O3/c1-33(2,3)25-13-11-24(12-14-25)31(41)35-28-6-4-5-26(27(28)21-40)30-36-29(37-32(34)38-30)19-22-7-9-23(10-8-22)20-39-15-17-42-18-16-39/h4-14,40H,15-21H2,1-3H3,(H,35,41)(H2,34,36,37,38). The first-order valence-electron chi connectivity index (χ1n) is 14.2. The SMILES string of the molecule is CC(C)(C)c1ccc(C(=O)Nc2cccc(-c3nc(N)nc(Cc4ccc(CN5CCOCC5)cc4)n3)c2CO)cc1. The molecule has 0 aliphatic carbocycles. The van der Waals surface area contributed by atoms with E-state index in [0.717, 1.165) is 44.0 Å². The molecule has 2 heterocycles. The summed E-state index contributed by atoms with van der Waals surface area (Å²) in [6, 6.07) is 21.3. The molecule has 1 aliphatic heterocycles. The summed E-state index contributed by atoms with van der Waals surface area (Å²) in [5.74, 6) is 0.693. The van der Waals surface area contributed by atoms with Crippen molar-refractivity contribution >= 4 is 17.5 Å². The van der Waals surface area contributed by atoms with Gasteiger partial charge in [-0.2, -0.15) is 9.97 Å². The van der Waals surface area contributed by atoms with Crippen LogP contribution < -0.4 is 11.1 Å². The van der Waals surface area contributed by atoms with Gasteiger partial charge in [-0.05, 0) is 40.3 Å². The minimum atomic E-state index is -0.319. The largest absolute Gasteiger partial charge is 0.392 e. The Morgan fingerprint density at radius 2 is 1.64 bits per heavy atom. The van der Waals surface area contributed by atoms with Crippen LogP contribution >= 0.6 is 0 Å². The average molecular weight is 567 g/mol. The fraction of sp³-hybridized carbons (Fsp3) is 0.333. The van der Waals surface area contributed by atoms with Crippen LogP contribution in [0.25, 0.3) is 11.4 Å². The van der Waals surface area contributed by atoms with E-state index in [1.54, 1.807) is 18.2 Å². The molecule has 1 aliphatic rings. The third-order valence-electron chi connectivity index (χ3n) is 7.43. The minimum absolute atomic E-state index is 0.00881. The smallest absolute Gasteiger partial charge is 0.255 e. The lowest BCUT2D eigenvalue weighted by Gasteiger charge is -2.26. The monoisotopic (exact) mass is 566 g/mol. The molecule has 218 valence electrons. The van der Waals surface area contributed by atoms with Crippen molar-refractivity contribution in [3.05, 3.63) is 100 Å². The lowest BCUT2D eigenvalue weighted by molar-refractivity contribution is 0.0342. The summed E-state index contributed by atoms with van der Waals surface area (Å²) in [6.07, 6.45) is 0.479. The quantitative estimate of drug-likeness (QED) is 0.283. The summed E-state index contributed by atoms with van der Waals surface area (Å²) in [5, 5.41) is 13.3. The number of nitrogens with zero attached hydrogens (tertiary/aromatic N) is 4. The molecule has 0 bridgehead atoms. The zero-order valence-electron chi connectivity index (χ0n) is 24.4. The van der Waals surface area contributed by atoms with Crippen molar-refractivity contribution < 1.29 is 14.6 Å². The first-order chi connectivity index (χ1) is 20.2. The van der Waals surface area contributed by atoms with Crippen LogP contribution in [0.1, 0.15) is 59.2 Å². The number of ether oxygens (including phenoxy) is 1. The topological polar surface area (TPSA) is 126 Å². The predicted octanol–water partition coefficient (Wildman–Crippen LogP) is 4.59. The number of hydrogen-bond donors (Lipinski definition) is 3. The van der Waals surface area contributed by atoms with E-state index in [2.05, 4.69) is 70.2 Å². The Labute approximate surface area is 246 Å². The van der Waals surface area contributed by atoms with Gasteiger partial charge in [-0.15, -0.1) is 0 Å². The molecule has 0 saturated carbocycles. The second-order valence-corrected chi connectivity index (χ2v) is 11.6. The number of hydrogen-bond acceptors (Lipinski definition) is 8. The van der Waals surface area contributed by atoms with Crippen molar-refractivity contribution in [3.63, 3.8) is 0 Å². The summed E-state index contributed by atoms with van der Waals surface area (Å²) >= 11 is 0. The van der Waals surface area contributed by atoms with Crippen LogP contribution in [0.5, 0.6) is 0 Å². The van der Waals surface area contributed by atoms with Crippen molar-refractivity contribution in [3.8, 4) is 11.4 Å². The summed E-state index contributed by atoms with van der Waals surface area (Å²) in [7, 11) is 0. The summed E-state index contributed by atoms with van der Waals surface area (Å²) < 4.78 is 5.44. The lowest BCUT2D eigenvalue weighted by atomic mass is 9.86.